The van der Waals surface area contributed by atoms with Gasteiger partial charge >= 0.3 is 6.09 Å². The number of likely N-dealkylation sites (tertiary alicyclic amines) is 1. The van der Waals surface area contributed by atoms with Crippen molar-refractivity contribution in [2.24, 2.45) is 0 Å². The Labute approximate surface area is 151 Å². The van der Waals surface area contributed by atoms with E-state index in [1.54, 1.807) is 11.3 Å². The number of fused-ring (bicyclic) bond motifs is 1. The van der Waals surface area contributed by atoms with E-state index in [4.69, 9.17) is 4.74 Å². The number of rotatable bonds is 3. The Morgan fingerprint density at radius 3 is 2.76 bits per heavy atom. The molecule has 3 saturated heterocycles. The summed E-state index contributed by atoms with van der Waals surface area (Å²) in [4.78, 5) is 30.0. The van der Waals surface area contributed by atoms with E-state index >= 15 is 0 Å². The molecule has 134 valence electrons. The maximum atomic E-state index is 12.9. The molecule has 0 radical (unpaired) electrons. The van der Waals surface area contributed by atoms with Crippen molar-refractivity contribution in [3.8, 4) is 0 Å². The molecular weight excluding hydrogens is 338 g/mol. The Morgan fingerprint density at radius 2 is 2.00 bits per heavy atom. The summed E-state index contributed by atoms with van der Waals surface area (Å²) in [6, 6.07) is 2.48. The molecule has 0 aromatic carbocycles. The summed E-state index contributed by atoms with van der Waals surface area (Å²) in [5.41, 5.74) is 1.25. The SMILES string of the molecule is O=C(c1sccc1C1CC1)N1CCC(N2C(=O)O[C@H]3CNC[C@H]32)CC1. The number of ether oxygens (including phenoxy) is 1. The fourth-order valence-electron chi connectivity index (χ4n) is 4.48. The molecule has 6 nitrogen and oxygen atoms in total. The third kappa shape index (κ3) is 2.64. The molecule has 4 heterocycles. The number of amides is 2. The molecule has 2 atom stereocenters. The molecule has 1 aromatic heterocycles. The number of hydrogen-bond acceptors (Lipinski definition) is 5. The van der Waals surface area contributed by atoms with Crippen LogP contribution in [-0.2, 0) is 4.74 Å². The van der Waals surface area contributed by atoms with Crippen LogP contribution < -0.4 is 5.32 Å². The fourth-order valence-corrected chi connectivity index (χ4v) is 5.44. The monoisotopic (exact) mass is 361 g/mol. The first-order valence-electron chi connectivity index (χ1n) is 9.28. The highest BCUT2D eigenvalue weighted by molar-refractivity contribution is 7.12. The van der Waals surface area contributed by atoms with Crippen LogP contribution in [0, 0.1) is 0 Å². The number of carbonyl (C=O) groups is 2. The van der Waals surface area contributed by atoms with Gasteiger partial charge in [0.1, 0.15) is 6.10 Å². The first-order valence-corrected chi connectivity index (χ1v) is 10.2. The highest BCUT2D eigenvalue weighted by atomic mass is 32.1. The number of nitrogens with zero attached hydrogens (tertiary/aromatic N) is 2. The highest BCUT2D eigenvalue weighted by Crippen LogP contribution is 2.43. The molecule has 1 aliphatic carbocycles. The predicted molar refractivity (Wildman–Crippen MR) is 94.0 cm³/mol. The first-order chi connectivity index (χ1) is 12.2. The van der Waals surface area contributed by atoms with Crippen molar-refractivity contribution in [3.63, 3.8) is 0 Å². The van der Waals surface area contributed by atoms with Crippen LogP contribution in [0.1, 0.15) is 46.8 Å². The molecule has 1 N–H and O–H groups in total. The molecule has 5 rings (SSSR count). The zero-order chi connectivity index (χ0) is 17.0. The number of hydrogen-bond donors (Lipinski definition) is 1. The summed E-state index contributed by atoms with van der Waals surface area (Å²) in [5.74, 6) is 0.786. The van der Waals surface area contributed by atoms with Crippen molar-refractivity contribution >= 4 is 23.3 Å². The zero-order valence-electron chi connectivity index (χ0n) is 14.1. The van der Waals surface area contributed by atoms with Crippen LogP contribution >= 0.6 is 11.3 Å². The van der Waals surface area contributed by atoms with Gasteiger partial charge in [0.2, 0.25) is 0 Å². The summed E-state index contributed by atoms with van der Waals surface area (Å²) >= 11 is 1.57. The Morgan fingerprint density at radius 1 is 1.20 bits per heavy atom. The van der Waals surface area contributed by atoms with Crippen molar-refractivity contribution in [1.29, 1.82) is 0 Å². The molecule has 25 heavy (non-hydrogen) atoms. The zero-order valence-corrected chi connectivity index (χ0v) is 15.0. The van der Waals surface area contributed by atoms with Gasteiger partial charge in [-0.3, -0.25) is 9.69 Å². The topological polar surface area (TPSA) is 61.9 Å². The van der Waals surface area contributed by atoms with Crippen LogP contribution in [-0.4, -0.2) is 66.2 Å². The van der Waals surface area contributed by atoms with Crippen molar-refractivity contribution in [1.82, 2.24) is 15.1 Å². The van der Waals surface area contributed by atoms with Gasteiger partial charge in [0.05, 0.1) is 10.9 Å². The fraction of sp³-hybridized carbons (Fsp3) is 0.667. The molecule has 4 aliphatic rings. The second-order valence-corrected chi connectivity index (χ2v) is 8.47. The quantitative estimate of drug-likeness (QED) is 0.895. The van der Waals surface area contributed by atoms with Gasteiger partial charge in [-0.05, 0) is 48.6 Å². The van der Waals surface area contributed by atoms with Crippen LogP contribution in [0.25, 0.3) is 0 Å². The first kappa shape index (κ1) is 15.6. The normalized spacial score (nSPS) is 29.8. The minimum Gasteiger partial charge on any atom is -0.442 e. The third-order valence-corrected chi connectivity index (χ3v) is 6.92. The van der Waals surface area contributed by atoms with E-state index in [9.17, 15) is 9.59 Å². The molecule has 1 aromatic rings. The maximum absolute atomic E-state index is 12.9. The summed E-state index contributed by atoms with van der Waals surface area (Å²) in [7, 11) is 0. The lowest BCUT2D eigenvalue weighted by Gasteiger charge is -2.37. The molecule has 3 aliphatic heterocycles. The molecule has 0 spiro atoms. The minimum absolute atomic E-state index is 0.000574. The van der Waals surface area contributed by atoms with Crippen molar-refractivity contribution < 1.29 is 14.3 Å². The number of piperidine rings is 1. The Bertz CT molecular complexity index is 693. The Balaban J connectivity index is 1.24. The number of nitrogens with one attached hydrogen (secondary N) is 1. The van der Waals surface area contributed by atoms with Gasteiger partial charge in [0, 0.05) is 32.2 Å². The lowest BCUT2D eigenvalue weighted by molar-refractivity contribution is 0.0642. The summed E-state index contributed by atoms with van der Waals surface area (Å²) in [6.07, 6.45) is 3.94. The van der Waals surface area contributed by atoms with Gasteiger partial charge in [-0.2, -0.15) is 0 Å². The van der Waals surface area contributed by atoms with Crippen LogP contribution in [0.2, 0.25) is 0 Å². The third-order valence-electron chi connectivity index (χ3n) is 6.00. The smallest absolute Gasteiger partial charge is 0.410 e. The van der Waals surface area contributed by atoms with E-state index in [1.165, 1.54) is 18.4 Å². The van der Waals surface area contributed by atoms with E-state index in [-0.39, 0.29) is 30.2 Å². The van der Waals surface area contributed by atoms with Crippen molar-refractivity contribution in [3.05, 3.63) is 21.9 Å². The Hall–Kier alpha value is -1.60. The Kier molecular flexibility index (Phi) is 3.74. The molecule has 1 saturated carbocycles. The number of thiophene rings is 1. The maximum Gasteiger partial charge on any atom is 0.410 e. The minimum atomic E-state index is -0.171. The van der Waals surface area contributed by atoms with Gasteiger partial charge < -0.3 is 15.0 Å². The van der Waals surface area contributed by atoms with Gasteiger partial charge in [0.15, 0.2) is 0 Å². The van der Waals surface area contributed by atoms with Crippen LogP contribution in [0.5, 0.6) is 0 Å². The second-order valence-electron chi connectivity index (χ2n) is 7.56. The van der Waals surface area contributed by atoms with Gasteiger partial charge in [0.25, 0.3) is 5.91 Å². The van der Waals surface area contributed by atoms with Gasteiger partial charge in [-0.15, -0.1) is 11.3 Å². The lowest BCUT2D eigenvalue weighted by atomic mass is 10.0. The molecule has 2 amide bonds. The molecular formula is C18H23N3O3S. The molecule has 7 heteroatoms. The largest absolute Gasteiger partial charge is 0.442 e. The average molecular weight is 361 g/mol. The highest BCUT2D eigenvalue weighted by Gasteiger charge is 2.48. The lowest BCUT2D eigenvalue weighted by Crippen LogP contribution is -2.51. The number of carbonyl (C=O) groups excluding carboxylic acids is 2. The second kappa shape index (κ2) is 5.99. The van der Waals surface area contributed by atoms with Crippen molar-refractivity contribution in [2.75, 3.05) is 26.2 Å². The van der Waals surface area contributed by atoms with Crippen LogP contribution in [0.15, 0.2) is 11.4 Å². The predicted octanol–water partition coefficient (Wildman–Crippen LogP) is 2.02. The van der Waals surface area contributed by atoms with Crippen LogP contribution in [0.4, 0.5) is 4.79 Å². The van der Waals surface area contributed by atoms with E-state index < -0.39 is 0 Å². The van der Waals surface area contributed by atoms with Gasteiger partial charge in [-0.1, -0.05) is 0 Å². The molecule has 0 bridgehead atoms. The summed E-state index contributed by atoms with van der Waals surface area (Å²) in [6.45, 7) is 3.02. The molecule has 0 unspecified atom stereocenters. The van der Waals surface area contributed by atoms with Crippen LogP contribution in [0.3, 0.4) is 0 Å². The van der Waals surface area contributed by atoms with Gasteiger partial charge in [-0.25, -0.2) is 4.79 Å². The summed E-state index contributed by atoms with van der Waals surface area (Å²) in [5, 5.41) is 5.34. The van der Waals surface area contributed by atoms with Crippen molar-refractivity contribution in [2.45, 2.75) is 49.8 Å². The molecule has 4 fully saturated rings. The standard InChI is InChI=1S/C18H23N3O3S/c22-17(16-13(5-8-25-16)11-1-2-11)20-6-3-12(4-7-20)21-14-9-19-10-15(14)24-18(21)23/h5,8,11-12,14-15,19H,1-4,6-7,9-10H2/t14-,15+/m1/s1. The van der Waals surface area contributed by atoms with E-state index in [0.717, 1.165) is 43.9 Å². The van der Waals surface area contributed by atoms with E-state index in [1.807, 2.05) is 15.2 Å². The average Bonchev–Trinajstić information content (AvgIpc) is 3.03. The van der Waals surface area contributed by atoms with E-state index in [2.05, 4.69) is 11.4 Å². The van der Waals surface area contributed by atoms with E-state index in [0.29, 0.717) is 5.92 Å². The summed E-state index contributed by atoms with van der Waals surface area (Å²) < 4.78 is 5.48.